The second kappa shape index (κ2) is 24.3. The van der Waals surface area contributed by atoms with Crippen molar-refractivity contribution in [1.82, 2.24) is 14.7 Å². The lowest BCUT2D eigenvalue weighted by Gasteiger charge is -2.47. The molecular weight excluding hydrogens is 472 g/mol. The van der Waals surface area contributed by atoms with Crippen molar-refractivity contribution in [2.75, 3.05) is 32.7 Å². The van der Waals surface area contributed by atoms with Gasteiger partial charge >= 0.3 is 0 Å². The fourth-order valence-corrected chi connectivity index (χ4v) is 3.78. The molecule has 1 aliphatic heterocycles. The molecule has 1 saturated heterocycles. The summed E-state index contributed by atoms with van der Waals surface area (Å²) in [6.45, 7) is 12.9. The molecule has 0 aliphatic carbocycles. The maximum Gasteiger partial charge on any atom is 0.251 e. The molecule has 1 heterocycles. The average molecular weight is 529 g/mol. The van der Waals surface area contributed by atoms with Gasteiger partial charge in [-0.05, 0) is 70.5 Å². The van der Waals surface area contributed by atoms with Crippen LogP contribution in [-0.2, 0) is 19.2 Å². The molecule has 1 aliphatic rings. The summed E-state index contributed by atoms with van der Waals surface area (Å²) in [6, 6.07) is -0.755. The zero-order valence-electron chi connectivity index (χ0n) is 24.2. The fraction of sp³-hybridized carbons (Fsp3) is 0.852. The standard InChI is InChI=1S/C18H33N5O4.C5H13N.C4H10/c1-2-11-22(17(26)8-4-6-10-20)16-12-21(13-24)18(27)15(23(16)14-25)7-3-5-9-19;1-2-3-4-5-6;1-4(2)3/h13-16H,2-12,19-20H2,1H3;2-6H2,1H3;4H,1-3H3. The number of unbranched alkanes of at least 4 members (excludes halogenated alkanes) is 4. The lowest BCUT2D eigenvalue weighted by Crippen LogP contribution is -2.66. The summed E-state index contributed by atoms with van der Waals surface area (Å²) in [4.78, 5) is 52.7. The smallest absolute Gasteiger partial charge is 0.251 e. The van der Waals surface area contributed by atoms with Gasteiger partial charge in [-0.15, -0.1) is 0 Å². The summed E-state index contributed by atoms with van der Waals surface area (Å²) in [5.74, 6) is 0.334. The van der Waals surface area contributed by atoms with Gasteiger partial charge in [0, 0.05) is 13.0 Å². The van der Waals surface area contributed by atoms with Gasteiger partial charge in [0.1, 0.15) is 12.2 Å². The molecule has 2 unspecified atom stereocenters. The van der Waals surface area contributed by atoms with E-state index in [0.717, 1.165) is 30.2 Å². The Bertz CT molecular complexity index is 599. The van der Waals surface area contributed by atoms with Crippen molar-refractivity contribution in [3.63, 3.8) is 0 Å². The molecule has 1 fully saturated rings. The molecule has 6 N–H and O–H groups in total. The maximum absolute atomic E-state index is 12.7. The topological polar surface area (TPSA) is 156 Å². The first-order chi connectivity index (χ1) is 17.7. The molecule has 0 aromatic heterocycles. The Morgan fingerprint density at radius 3 is 1.89 bits per heavy atom. The number of nitrogens with zero attached hydrogens (tertiary/aromatic N) is 3. The number of imide groups is 1. The highest BCUT2D eigenvalue weighted by molar-refractivity contribution is 5.92. The number of nitrogens with two attached hydrogens (primary N) is 3. The van der Waals surface area contributed by atoms with Crippen LogP contribution in [0.1, 0.15) is 98.8 Å². The van der Waals surface area contributed by atoms with Crippen LogP contribution >= 0.6 is 0 Å². The van der Waals surface area contributed by atoms with Crippen LogP contribution in [0.15, 0.2) is 0 Å². The van der Waals surface area contributed by atoms with Gasteiger partial charge in [0.2, 0.25) is 18.7 Å². The van der Waals surface area contributed by atoms with Gasteiger partial charge in [0.05, 0.1) is 6.54 Å². The van der Waals surface area contributed by atoms with E-state index in [-0.39, 0.29) is 12.5 Å². The molecule has 1 rings (SSSR count). The van der Waals surface area contributed by atoms with Gasteiger partial charge in [-0.2, -0.15) is 0 Å². The Morgan fingerprint density at radius 2 is 1.46 bits per heavy atom. The summed E-state index contributed by atoms with van der Waals surface area (Å²) in [6.07, 6.45) is 8.46. The SMILES string of the molecule is CC(C)C.CCCCCN.CCCN(C(=O)CCCCN)C1CN(C=O)C(=O)C(CCCCN)N1C=O. The molecule has 0 radical (unpaired) electrons. The third-order valence-corrected chi connectivity index (χ3v) is 5.61. The first-order valence-electron chi connectivity index (χ1n) is 14.1. The Morgan fingerprint density at radius 1 is 0.919 bits per heavy atom. The number of carbonyl (C=O) groups is 4. The van der Waals surface area contributed by atoms with Crippen LogP contribution in [0, 0.1) is 5.92 Å². The minimum atomic E-state index is -0.755. The van der Waals surface area contributed by atoms with Crippen LogP contribution in [0.4, 0.5) is 0 Å². The molecule has 0 saturated carbocycles. The number of hydrogen-bond acceptors (Lipinski definition) is 7. The number of rotatable bonds is 16. The predicted octanol–water partition coefficient (Wildman–Crippen LogP) is 2.43. The second-order valence-electron chi connectivity index (χ2n) is 9.99. The van der Waals surface area contributed by atoms with E-state index in [1.807, 2.05) is 6.92 Å². The van der Waals surface area contributed by atoms with E-state index in [0.29, 0.717) is 64.6 Å². The van der Waals surface area contributed by atoms with Crippen LogP contribution in [-0.4, -0.2) is 84.3 Å². The van der Waals surface area contributed by atoms with Crippen LogP contribution in [0.2, 0.25) is 0 Å². The van der Waals surface area contributed by atoms with E-state index in [4.69, 9.17) is 17.2 Å². The molecule has 37 heavy (non-hydrogen) atoms. The van der Waals surface area contributed by atoms with Crippen molar-refractivity contribution >= 4 is 24.6 Å². The molecule has 218 valence electrons. The Hall–Kier alpha value is -2.04. The lowest BCUT2D eigenvalue weighted by atomic mass is 10.0. The van der Waals surface area contributed by atoms with Crippen LogP contribution in [0.25, 0.3) is 0 Å². The summed E-state index contributed by atoms with van der Waals surface area (Å²) < 4.78 is 0. The Labute approximate surface area is 225 Å². The van der Waals surface area contributed by atoms with Crippen LogP contribution < -0.4 is 17.2 Å². The van der Waals surface area contributed by atoms with Crippen molar-refractivity contribution in [3.8, 4) is 0 Å². The highest BCUT2D eigenvalue weighted by Gasteiger charge is 2.43. The van der Waals surface area contributed by atoms with Gasteiger partial charge in [0.25, 0.3) is 5.91 Å². The molecule has 0 aromatic rings. The molecule has 10 nitrogen and oxygen atoms in total. The fourth-order valence-electron chi connectivity index (χ4n) is 3.78. The van der Waals surface area contributed by atoms with Gasteiger partial charge in [-0.25, -0.2) is 0 Å². The van der Waals surface area contributed by atoms with E-state index in [1.165, 1.54) is 24.2 Å². The van der Waals surface area contributed by atoms with E-state index in [9.17, 15) is 19.2 Å². The van der Waals surface area contributed by atoms with E-state index >= 15 is 0 Å². The predicted molar refractivity (Wildman–Crippen MR) is 150 cm³/mol. The van der Waals surface area contributed by atoms with Gasteiger partial charge < -0.3 is 27.0 Å². The minimum absolute atomic E-state index is 0.00289. The molecule has 0 bridgehead atoms. The van der Waals surface area contributed by atoms with Crippen molar-refractivity contribution in [2.45, 2.75) is 111 Å². The monoisotopic (exact) mass is 528 g/mol. The van der Waals surface area contributed by atoms with Gasteiger partial charge in [0.15, 0.2) is 0 Å². The Balaban J connectivity index is 0. The Kier molecular flexibility index (Phi) is 24.4. The molecule has 2 atom stereocenters. The second-order valence-corrected chi connectivity index (χ2v) is 9.99. The number of amides is 4. The molecular formula is C27H56N6O4. The molecule has 0 spiro atoms. The number of hydrogen-bond donors (Lipinski definition) is 3. The van der Waals surface area contributed by atoms with Crippen molar-refractivity contribution in [2.24, 2.45) is 23.1 Å². The van der Waals surface area contributed by atoms with Gasteiger partial charge in [-0.1, -0.05) is 47.5 Å². The first-order valence-corrected chi connectivity index (χ1v) is 14.1. The number of piperazine rings is 1. The number of carbonyl (C=O) groups excluding carboxylic acids is 4. The lowest BCUT2D eigenvalue weighted by molar-refractivity contribution is -0.165. The van der Waals surface area contributed by atoms with Crippen molar-refractivity contribution in [3.05, 3.63) is 0 Å². The summed E-state index contributed by atoms with van der Waals surface area (Å²) in [5, 5.41) is 0. The maximum atomic E-state index is 12.7. The van der Waals surface area contributed by atoms with Crippen molar-refractivity contribution < 1.29 is 19.2 Å². The quantitative estimate of drug-likeness (QED) is 0.205. The molecule has 0 aromatic carbocycles. The van der Waals surface area contributed by atoms with Crippen LogP contribution in [0.5, 0.6) is 0 Å². The summed E-state index contributed by atoms with van der Waals surface area (Å²) in [5.41, 5.74) is 16.2. The van der Waals surface area contributed by atoms with Crippen molar-refractivity contribution in [1.29, 1.82) is 0 Å². The zero-order valence-corrected chi connectivity index (χ0v) is 24.2. The summed E-state index contributed by atoms with van der Waals surface area (Å²) in [7, 11) is 0. The summed E-state index contributed by atoms with van der Waals surface area (Å²) >= 11 is 0. The van der Waals surface area contributed by atoms with E-state index in [1.54, 1.807) is 4.90 Å². The average Bonchev–Trinajstić information content (AvgIpc) is 2.87. The van der Waals surface area contributed by atoms with E-state index < -0.39 is 18.1 Å². The largest absolute Gasteiger partial charge is 0.330 e. The zero-order chi connectivity index (χ0) is 28.6. The normalized spacial score (nSPS) is 16.9. The minimum Gasteiger partial charge on any atom is -0.330 e. The first kappa shape index (κ1) is 37.1. The van der Waals surface area contributed by atoms with Crippen LogP contribution in [0.3, 0.4) is 0 Å². The molecule has 10 heteroatoms. The third-order valence-electron chi connectivity index (χ3n) is 5.61. The molecule has 4 amide bonds. The highest BCUT2D eigenvalue weighted by atomic mass is 16.2. The van der Waals surface area contributed by atoms with E-state index in [2.05, 4.69) is 27.7 Å². The highest BCUT2D eigenvalue weighted by Crippen LogP contribution is 2.23. The third kappa shape index (κ3) is 16.4. The van der Waals surface area contributed by atoms with Gasteiger partial charge in [-0.3, -0.25) is 24.1 Å².